The summed E-state index contributed by atoms with van der Waals surface area (Å²) in [6, 6.07) is 6.28. The molecule has 0 radical (unpaired) electrons. The lowest BCUT2D eigenvalue weighted by Gasteiger charge is -2.09. The molecule has 2 aromatic rings. The molecule has 0 saturated carbocycles. The van der Waals surface area contributed by atoms with Crippen LogP contribution < -0.4 is 9.46 Å². The van der Waals surface area contributed by atoms with Crippen molar-refractivity contribution in [1.82, 2.24) is 0 Å². The topological polar surface area (TPSA) is 92.7 Å². The fraction of sp³-hybridized carbons (Fsp3) is 0.154. The lowest BCUT2D eigenvalue weighted by atomic mass is 10.1. The first-order valence-corrected chi connectivity index (χ1v) is 8.43. The highest BCUT2D eigenvalue weighted by Gasteiger charge is 2.24. The molecule has 0 bridgehead atoms. The summed E-state index contributed by atoms with van der Waals surface area (Å²) in [5, 5.41) is 10.5. The summed E-state index contributed by atoms with van der Waals surface area (Å²) in [5.41, 5.74) is 1.32. The Labute approximate surface area is 125 Å². The van der Waals surface area contributed by atoms with Crippen LogP contribution in [0.2, 0.25) is 0 Å². The van der Waals surface area contributed by atoms with Gasteiger partial charge in [-0.2, -0.15) is 0 Å². The van der Waals surface area contributed by atoms with Gasteiger partial charge in [0.25, 0.3) is 10.0 Å². The maximum Gasteiger partial charge on any atom is 0.347 e. The Morgan fingerprint density at radius 2 is 2.14 bits per heavy atom. The Morgan fingerprint density at radius 3 is 2.90 bits per heavy atom. The molecule has 0 saturated heterocycles. The van der Waals surface area contributed by atoms with E-state index in [4.69, 9.17) is 9.84 Å². The molecule has 0 atom stereocenters. The standard InChI is InChI=1S/C13H11NO5S2/c15-13(16)12-11(4-6-20-12)21(17,18)14-9-1-2-10-8(7-9)3-5-19-10/h1-2,4,6-7,14H,3,5H2,(H,15,16). The molecule has 1 aliphatic heterocycles. The summed E-state index contributed by atoms with van der Waals surface area (Å²) in [4.78, 5) is 10.6. The van der Waals surface area contributed by atoms with Crippen LogP contribution in [-0.2, 0) is 16.4 Å². The lowest BCUT2D eigenvalue weighted by molar-refractivity contribution is 0.0698. The summed E-state index contributed by atoms with van der Waals surface area (Å²) in [5.74, 6) is -0.507. The van der Waals surface area contributed by atoms with Crippen LogP contribution in [0, 0.1) is 0 Å². The van der Waals surface area contributed by atoms with Crippen molar-refractivity contribution < 1.29 is 23.1 Å². The highest BCUT2D eigenvalue weighted by molar-refractivity contribution is 7.93. The van der Waals surface area contributed by atoms with E-state index < -0.39 is 16.0 Å². The van der Waals surface area contributed by atoms with Crippen LogP contribution in [0.4, 0.5) is 5.69 Å². The minimum Gasteiger partial charge on any atom is -0.493 e. The number of fused-ring (bicyclic) bond motifs is 1. The Bertz CT molecular complexity index is 810. The van der Waals surface area contributed by atoms with E-state index in [2.05, 4.69) is 4.72 Å². The Morgan fingerprint density at radius 1 is 1.33 bits per heavy atom. The normalized spacial score (nSPS) is 13.5. The van der Waals surface area contributed by atoms with Gasteiger partial charge in [-0.1, -0.05) is 0 Å². The van der Waals surface area contributed by atoms with E-state index in [0.717, 1.165) is 29.1 Å². The summed E-state index contributed by atoms with van der Waals surface area (Å²) in [6.07, 6.45) is 0.726. The van der Waals surface area contributed by atoms with Gasteiger partial charge in [-0.15, -0.1) is 11.3 Å². The van der Waals surface area contributed by atoms with Gasteiger partial charge in [0.05, 0.1) is 6.61 Å². The van der Waals surface area contributed by atoms with Crippen LogP contribution in [0.15, 0.2) is 34.5 Å². The number of carboxylic acid groups (broad SMARTS) is 1. The van der Waals surface area contributed by atoms with Crippen LogP contribution in [0.1, 0.15) is 15.2 Å². The fourth-order valence-corrected chi connectivity index (χ4v) is 4.44. The zero-order chi connectivity index (χ0) is 15.0. The van der Waals surface area contributed by atoms with Crippen LogP contribution in [0.5, 0.6) is 5.75 Å². The van der Waals surface area contributed by atoms with Gasteiger partial charge in [0.15, 0.2) is 0 Å². The number of carbonyl (C=O) groups is 1. The number of hydrogen-bond acceptors (Lipinski definition) is 5. The van der Waals surface area contributed by atoms with Crippen molar-refractivity contribution in [3.8, 4) is 5.75 Å². The van der Waals surface area contributed by atoms with Crippen molar-refractivity contribution in [2.75, 3.05) is 11.3 Å². The maximum atomic E-state index is 12.3. The van der Waals surface area contributed by atoms with Crippen molar-refractivity contribution in [1.29, 1.82) is 0 Å². The van der Waals surface area contributed by atoms with E-state index >= 15 is 0 Å². The molecular weight excluding hydrogens is 314 g/mol. The lowest BCUT2D eigenvalue weighted by Crippen LogP contribution is -2.15. The van der Waals surface area contributed by atoms with Gasteiger partial charge < -0.3 is 9.84 Å². The molecule has 0 unspecified atom stereocenters. The molecule has 0 amide bonds. The predicted octanol–water partition coefficient (Wildman–Crippen LogP) is 2.18. The number of carboxylic acids is 1. The van der Waals surface area contributed by atoms with Gasteiger partial charge in [-0.3, -0.25) is 4.72 Å². The first-order valence-electron chi connectivity index (χ1n) is 6.07. The van der Waals surface area contributed by atoms with E-state index in [1.54, 1.807) is 18.2 Å². The number of benzene rings is 1. The molecule has 110 valence electrons. The molecule has 8 heteroatoms. The monoisotopic (exact) mass is 325 g/mol. The molecule has 2 N–H and O–H groups in total. The van der Waals surface area contributed by atoms with Crippen molar-refractivity contribution in [2.24, 2.45) is 0 Å². The van der Waals surface area contributed by atoms with Gasteiger partial charge in [-0.25, -0.2) is 13.2 Å². The van der Waals surface area contributed by atoms with Crippen molar-refractivity contribution in [3.05, 3.63) is 40.1 Å². The van der Waals surface area contributed by atoms with Gasteiger partial charge in [0.2, 0.25) is 0 Å². The number of anilines is 1. The number of aromatic carboxylic acids is 1. The zero-order valence-electron chi connectivity index (χ0n) is 10.7. The quantitative estimate of drug-likeness (QED) is 0.899. The van der Waals surface area contributed by atoms with E-state index in [-0.39, 0.29) is 9.77 Å². The SMILES string of the molecule is O=C(O)c1sccc1S(=O)(=O)Nc1ccc2c(c1)CCO2. The van der Waals surface area contributed by atoms with E-state index in [1.807, 2.05) is 0 Å². The first kappa shape index (κ1) is 13.9. The third-order valence-corrected chi connectivity index (χ3v) is 5.51. The Kier molecular flexibility index (Phi) is 3.34. The highest BCUT2D eigenvalue weighted by Crippen LogP contribution is 2.30. The number of thiophene rings is 1. The molecule has 2 heterocycles. The largest absolute Gasteiger partial charge is 0.493 e. The molecule has 0 aliphatic carbocycles. The average Bonchev–Trinajstić information content (AvgIpc) is 3.06. The number of nitrogens with one attached hydrogen (secondary N) is 1. The summed E-state index contributed by atoms with van der Waals surface area (Å²) >= 11 is 0.876. The second kappa shape index (κ2) is 5.05. The van der Waals surface area contributed by atoms with Crippen LogP contribution >= 0.6 is 11.3 Å². The number of ether oxygens (including phenoxy) is 1. The van der Waals surface area contributed by atoms with Gasteiger partial charge in [0, 0.05) is 12.1 Å². The van der Waals surface area contributed by atoms with E-state index in [1.165, 1.54) is 11.4 Å². The Hall–Kier alpha value is -2.06. The third kappa shape index (κ3) is 2.59. The summed E-state index contributed by atoms with van der Waals surface area (Å²) in [7, 11) is -3.92. The predicted molar refractivity (Wildman–Crippen MR) is 77.7 cm³/mol. The summed E-state index contributed by atoms with van der Waals surface area (Å²) in [6.45, 7) is 0.583. The average molecular weight is 325 g/mol. The van der Waals surface area contributed by atoms with Crippen LogP contribution in [-0.4, -0.2) is 26.1 Å². The van der Waals surface area contributed by atoms with E-state index in [0.29, 0.717) is 12.3 Å². The molecule has 0 spiro atoms. The molecule has 3 rings (SSSR count). The number of sulfonamides is 1. The molecule has 0 fully saturated rings. The zero-order valence-corrected chi connectivity index (χ0v) is 12.3. The van der Waals surface area contributed by atoms with Crippen molar-refractivity contribution >= 4 is 33.0 Å². The van der Waals surface area contributed by atoms with Crippen LogP contribution in [0.3, 0.4) is 0 Å². The fourth-order valence-electron chi connectivity index (χ4n) is 2.13. The number of rotatable bonds is 4. The molecule has 1 aliphatic rings. The van der Waals surface area contributed by atoms with E-state index in [9.17, 15) is 13.2 Å². The minimum absolute atomic E-state index is 0.202. The summed E-state index contributed by atoms with van der Waals surface area (Å²) < 4.78 is 32.3. The first-order chi connectivity index (χ1) is 9.97. The van der Waals surface area contributed by atoms with Crippen molar-refractivity contribution in [3.63, 3.8) is 0 Å². The van der Waals surface area contributed by atoms with Crippen molar-refractivity contribution in [2.45, 2.75) is 11.3 Å². The molecule has 21 heavy (non-hydrogen) atoms. The molecular formula is C13H11NO5S2. The van der Waals surface area contributed by atoms with Gasteiger partial charge in [-0.05, 0) is 35.2 Å². The number of hydrogen-bond donors (Lipinski definition) is 2. The molecule has 1 aromatic carbocycles. The minimum atomic E-state index is -3.92. The second-order valence-corrected chi connectivity index (χ2v) is 7.01. The smallest absolute Gasteiger partial charge is 0.347 e. The van der Waals surface area contributed by atoms with Crippen LogP contribution in [0.25, 0.3) is 0 Å². The van der Waals surface area contributed by atoms with Gasteiger partial charge >= 0.3 is 5.97 Å². The maximum absolute atomic E-state index is 12.3. The molecule has 6 nitrogen and oxygen atoms in total. The van der Waals surface area contributed by atoms with Gasteiger partial charge in [0.1, 0.15) is 15.5 Å². The highest BCUT2D eigenvalue weighted by atomic mass is 32.2. The molecule has 1 aromatic heterocycles. The second-order valence-electron chi connectivity index (χ2n) is 4.45. The third-order valence-electron chi connectivity index (χ3n) is 3.05. The Balaban J connectivity index is 1.93.